The van der Waals surface area contributed by atoms with E-state index in [2.05, 4.69) is 29.5 Å². The van der Waals surface area contributed by atoms with Crippen LogP contribution in [0.2, 0.25) is 0 Å². The van der Waals surface area contributed by atoms with Gasteiger partial charge < -0.3 is 17.0 Å². The molecule has 7 heteroatoms. The van der Waals surface area contributed by atoms with E-state index in [1.807, 2.05) is 29.7 Å². The van der Waals surface area contributed by atoms with Gasteiger partial charge in [-0.25, -0.2) is 9.88 Å². The lowest BCUT2D eigenvalue weighted by atomic mass is 10.1. The Labute approximate surface area is 166 Å². The Bertz CT molecular complexity index is 923. The third-order valence-corrected chi connectivity index (χ3v) is 4.78. The summed E-state index contributed by atoms with van der Waals surface area (Å²) in [7, 11) is 0. The second-order valence-corrected chi connectivity index (χ2v) is 6.43. The summed E-state index contributed by atoms with van der Waals surface area (Å²) < 4.78 is 2.12. The van der Waals surface area contributed by atoms with E-state index < -0.39 is 0 Å². The second kappa shape index (κ2) is 8.73. The maximum atomic E-state index is 10.8. The number of aryl methyl sites for hydroxylation is 1. The molecule has 1 N–H and O–H groups in total. The number of hydrogen-bond donors (Lipinski definition) is 1. The summed E-state index contributed by atoms with van der Waals surface area (Å²) in [5.74, 6) is 0. The first-order chi connectivity index (χ1) is 12.1. The Morgan fingerprint density at radius 2 is 1.92 bits per heavy atom. The van der Waals surface area contributed by atoms with Crippen LogP contribution < -0.4 is 26.9 Å². The number of nitrogens with zero attached hydrogens (tertiary/aromatic N) is 2. The van der Waals surface area contributed by atoms with Crippen LogP contribution in [-0.4, -0.2) is 4.92 Å². The zero-order valence-corrected chi connectivity index (χ0v) is 16.6. The van der Waals surface area contributed by atoms with E-state index in [4.69, 9.17) is 0 Å². The first kappa shape index (κ1) is 19.8. The Balaban J connectivity index is 0.00000243. The van der Waals surface area contributed by atoms with Crippen molar-refractivity contribution in [3.05, 3.63) is 82.2 Å². The van der Waals surface area contributed by atoms with Gasteiger partial charge in [0.1, 0.15) is 17.9 Å². The average Bonchev–Trinajstić information content (AvgIpc) is 3.00. The number of para-hydroxylation sites is 1. The van der Waals surface area contributed by atoms with Crippen LogP contribution in [0, 0.1) is 17.0 Å². The molecule has 0 fully saturated rings. The van der Waals surface area contributed by atoms with Crippen LogP contribution in [0.4, 0.5) is 16.5 Å². The van der Waals surface area contributed by atoms with Crippen LogP contribution in [0.25, 0.3) is 11.3 Å². The molecule has 5 nitrogen and oxygen atoms in total. The van der Waals surface area contributed by atoms with Crippen LogP contribution in [0.1, 0.15) is 5.56 Å². The van der Waals surface area contributed by atoms with Crippen molar-refractivity contribution >= 4 is 27.8 Å². The van der Waals surface area contributed by atoms with Crippen LogP contribution in [0.3, 0.4) is 0 Å². The summed E-state index contributed by atoms with van der Waals surface area (Å²) >= 11 is 1.60. The van der Waals surface area contributed by atoms with Gasteiger partial charge in [-0.3, -0.25) is 10.1 Å². The molecule has 0 radical (unpaired) electrons. The van der Waals surface area contributed by atoms with Crippen molar-refractivity contribution < 1.29 is 26.5 Å². The molecule has 0 aliphatic carbocycles. The van der Waals surface area contributed by atoms with Crippen molar-refractivity contribution in [2.75, 3.05) is 5.32 Å². The Morgan fingerprint density at radius 1 is 1.23 bits per heavy atom. The molecule has 0 amide bonds. The molecule has 2 aromatic carbocycles. The lowest BCUT2D eigenvalue weighted by Crippen LogP contribution is -3.00. The molecule has 0 unspecified atom stereocenters. The average molecular weight is 432 g/mol. The normalized spacial score (nSPS) is 10.0. The van der Waals surface area contributed by atoms with E-state index in [0.29, 0.717) is 6.54 Å². The van der Waals surface area contributed by atoms with Gasteiger partial charge in [-0.2, -0.15) is 0 Å². The van der Waals surface area contributed by atoms with E-state index in [9.17, 15) is 10.1 Å². The lowest BCUT2D eigenvalue weighted by molar-refractivity contribution is -0.657. The van der Waals surface area contributed by atoms with Crippen LogP contribution in [0.5, 0.6) is 0 Å². The van der Waals surface area contributed by atoms with Crippen molar-refractivity contribution in [1.82, 2.24) is 0 Å². The van der Waals surface area contributed by atoms with Crippen molar-refractivity contribution in [2.45, 2.75) is 13.5 Å². The first-order valence-corrected chi connectivity index (χ1v) is 8.68. The summed E-state index contributed by atoms with van der Waals surface area (Å²) in [6.07, 6.45) is 1.84. The fourth-order valence-corrected chi connectivity index (χ4v) is 3.52. The van der Waals surface area contributed by atoms with E-state index in [0.717, 1.165) is 27.6 Å². The largest absolute Gasteiger partial charge is 1.00 e. The van der Waals surface area contributed by atoms with E-state index in [1.165, 1.54) is 12.1 Å². The van der Waals surface area contributed by atoms with Gasteiger partial charge in [-0.1, -0.05) is 42.2 Å². The molecule has 3 aromatic rings. The van der Waals surface area contributed by atoms with E-state index in [1.54, 1.807) is 23.5 Å². The molecule has 0 aliphatic heterocycles. The lowest BCUT2D eigenvalue weighted by Gasteiger charge is -2.05. The van der Waals surface area contributed by atoms with Gasteiger partial charge in [-0.05, 0) is 30.7 Å². The summed E-state index contributed by atoms with van der Waals surface area (Å²) in [5, 5.41) is 17.3. The standard InChI is InChI=1S/C19H17N3O2S.BrH/c1-3-12-21-18(15-8-10-16(11-9-15)22(23)24)13-25-19(21)20-17-7-5-4-6-14(17)2;/h3-11,13H,1,12H2,2H3;1H. The number of hydrogen-bond acceptors (Lipinski definition) is 4. The molecule has 0 bridgehead atoms. The van der Waals surface area contributed by atoms with Gasteiger partial charge in [0.2, 0.25) is 0 Å². The van der Waals surface area contributed by atoms with Gasteiger partial charge in [0, 0.05) is 23.1 Å². The second-order valence-electron chi connectivity index (χ2n) is 5.57. The van der Waals surface area contributed by atoms with Crippen molar-refractivity contribution in [3.63, 3.8) is 0 Å². The Hall–Kier alpha value is -2.51. The van der Waals surface area contributed by atoms with Gasteiger partial charge in [-0.15, -0.1) is 0 Å². The van der Waals surface area contributed by atoms with Crippen molar-refractivity contribution in [1.29, 1.82) is 0 Å². The first-order valence-electron chi connectivity index (χ1n) is 7.80. The Kier molecular flexibility index (Phi) is 6.65. The topological polar surface area (TPSA) is 59.0 Å². The van der Waals surface area contributed by atoms with E-state index in [-0.39, 0.29) is 27.6 Å². The predicted molar refractivity (Wildman–Crippen MR) is 101 cm³/mol. The molecular formula is C19H18BrN3O2S. The molecule has 0 spiro atoms. The molecule has 0 saturated heterocycles. The minimum absolute atomic E-state index is 0. The summed E-state index contributed by atoms with van der Waals surface area (Å²) in [4.78, 5) is 10.4. The minimum Gasteiger partial charge on any atom is -1.00 e. The molecule has 0 saturated carbocycles. The highest BCUT2D eigenvalue weighted by molar-refractivity contribution is 7.13. The number of nitrogens with one attached hydrogen (secondary N) is 1. The van der Waals surface area contributed by atoms with Crippen molar-refractivity contribution in [2.24, 2.45) is 0 Å². The highest BCUT2D eigenvalue weighted by Crippen LogP contribution is 2.28. The van der Waals surface area contributed by atoms with Gasteiger partial charge >= 0.3 is 5.13 Å². The molecular weight excluding hydrogens is 414 g/mol. The molecule has 0 aliphatic rings. The molecule has 134 valence electrons. The summed E-state index contributed by atoms with van der Waals surface area (Å²) in [6, 6.07) is 14.7. The third-order valence-electron chi connectivity index (χ3n) is 3.89. The van der Waals surface area contributed by atoms with E-state index >= 15 is 0 Å². The van der Waals surface area contributed by atoms with Gasteiger partial charge in [0.15, 0.2) is 0 Å². The molecule has 1 heterocycles. The maximum absolute atomic E-state index is 10.8. The molecule has 1 aromatic heterocycles. The molecule has 0 atom stereocenters. The van der Waals surface area contributed by atoms with Crippen molar-refractivity contribution in [3.8, 4) is 11.3 Å². The zero-order chi connectivity index (χ0) is 17.8. The molecule has 26 heavy (non-hydrogen) atoms. The van der Waals surface area contributed by atoms with Crippen LogP contribution >= 0.6 is 11.3 Å². The number of thiazole rings is 1. The quantitative estimate of drug-likeness (QED) is 0.280. The number of rotatable bonds is 6. The smallest absolute Gasteiger partial charge is 0.339 e. The number of allylic oxidation sites excluding steroid dienone is 1. The number of halogens is 1. The fourth-order valence-electron chi connectivity index (χ4n) is 2.56. The third kappa shape index (κ3) is 4.17. The summed E-state index contributed by atoms with van der Waals surface area (Å²) in [6.45, 7) is 6.54. The Morgan fingerprint density at radius 3 is 2.54 bits per heavy atom. The van der Waals surface area contributed by atoms with Gasteiger partial charge in [0.05, 0.1) is 4.92 Å². The number of benzene rings is 2. The summed E-state index contributed by atoms with van der Waals surface area (Å²) in [5.41, 5.74) is 4.24. The minimum atomic E-state index is -0.389. The van der Waals surface area contributed by atoms with Crippen LogP contribution in [0.15, 0.2) is 66.6 Å². The van der Waals surface area contributed by atoms with Crippen LogP contribution in [-0.2, 0) is 6.54 Å². The van der Waals surface area contributed by atoms with Gasteiger partial charge in [0.25, 0.3) is 5.69 Å². The number of nitro benzene ring substituents is 1. The number of nitro groups is 1. The highest BCUT2D eigenvalue weighted by Gasteiger charge is 2.20. The number of anilines is 2. The number of aromatic nitrogens is 1. The monoisotopic (exact) mass is 431 g/mol. The predicted octanol–water partition coefficient (Wildman–Crippen LogP) is 1.85. The SMILES string of the molecule is C=CC[n+]1c(-c2ccc([N+](=O)[O-])cc2)csc1Nc1ccccc1C.[Br-]. The highest BCUT2D eigenvalue weighted by atomic mass is 79.9. The molecule has 3 rings (SSSR count). The number of non-ortho nitro benzene ring substituents is 1. The fraction of sp³-hybridized carbons (Fsp3) is 0.105. The maximum Gasteiger partial charge on any atom is 0.339 e. The zero-order valence-electron chi connectivity index (χ0n) is 14.2.